The highest BCUT2D eigenvalue weighted by molar-refractivity contribution is 7.89. The predicted molar refractivity (Wildman–Crippen MR) is 116 cm³/mol. The largest absolute Gasteiger partial charge is 0.347 e. The number of anilines is 1. The van der Waals surface area contributed by atoms with Gasteiger partial charge in [-0.25, -0.2) is 27.8 Å². The van der Waals surface area contributed by atoms with Gasteiger partial charge in [0.05, 0.1) is 12.0 Å². The van der Waals surface area contributed by atoms with Gasteiger partial charge in [-0.2, -0.15) is 4.31 Å². The number of aryl methyl sites for hydroxylation is 1. The van der Waals surface area contributed by atoms with Crippen LogP contribution in [0.25, 0.3) is 11.1 Å². The number of sulfonamides is 1. The molecule has 1 fully saturated rings. The van der Waals surface area contributed by atoms with Crippen molar-refractivity contribution in [1.82, 2.24) is 23.8 Å². The summed E-state index contributed by atoms with van der Waals surface area (Å²) < 4.78 is 42.8. The number of nitrogens with zero attached hydrogens (tertiary/aromatic N) is 6. The molecule has 0 aliphatic carbocycles. The van der Waals surface area contributed by atoms with E-state index in [1.165, 1.54) is 29.0 Å². The van der Waals surface area contributed by atoms with Crippen LogP contribution in [0.3, 0.4) is 0 Å². The third kappa shape index (κ3) is 4.31. The molecule has 10 heteroatoms. The van der Waals surface area contributed by atoms with Gasteiger partial charge in [0.25, 0.3) is 10.0 Å². The van der Waals surface area contributed by atoms with Gasteiger partial charge in [-0.15, -0.1) is 0 Å². The summed E-state index contributed by atoms with van der Waals surface area (Å²) in [6, 6.07) is 6.19. The number of halogens is 1. The van der Waals surface area contributed by atoms with Crippen molar-refractivity contribution >= 4 is 16.0 Å². The Bertz CT molecular complexity index is 1180. The van der Waals surface area contributed by atoms with Crippen LogP contribution >= 0.6 is 0 Å². The Labute approximate surface area is 181 Å². The van der Waals surface area contributed by atoms with Gasteiger partial charge in [0.2, 0.25) is 5.95 Å². The Morgan fingerprint density at radius 1 is 1.16 bits per heavy atom. The fourth-order valence-corrected chi connectivity index (χ4v) is 5.29. The molecule has 0 amide bonds. The standard InChI is InChI=1S/C21H25FN6O2S/c1-26(2)21-23-11-18(15-6-8-17(22)9-7-15)20(25-21)16-5-4-10-28(12-16)31(29,30)19-13-27(3)14-24-19/h6-9,11,13-14,16H,4-5,10,12H2,1-3H3. The minimum Gasteiger partial charge on any atom is -0.347 e. The maximum absolute atomic E-state index is 13.5. The van der Waals surface area contributed by atoms with Crippen LogP contribution < -0.4 is 4.90 Å². The molecule has 1 aliphatic heterocycles. The summed E-state index contributed by atoms with van der Waals surface area (Å²) in [7, 11) is 1.76. The third-order valence-electron chi connectivity index (χ3n) is 5.42. The first kappa shape index (κ1) is 21.4. The molecular formula is C21H25FN6O2S. The molecule has 0 N–H and O–H groups in total. The quantitative estimate of drug-likeness (QED) is 0.602. The topological polar surface area (TPSA) is 84.2 Å². The van der Waals surface area contributed by atoms with Gasteiger partial charge in [0.1, 0.15) is 5.82 Å². The molecule has 1 aromatic carbocycles. The lowest BCUT2D eigenvalue weighted by Crippen LogP contribution is -2.39. The second kappa shape index (κ2) is 8.35. The van der Waals surface area contributed by atoms with Gasteiger partial charge in [0.15, 0.2) is 5.03 Å². The van der Waals surface area contributed by atoms with E-state index in [-0.39, 0.29) is 16.8 Å². The van der Waals surface area contributed by atoms with E-state index in [1.807, 2.05) is 19.0 Å². The maximum Gasteiger partial charge on any atom is 0.262 e. The zero-order chi connectivity index (χ0) is 22.2. The summed E-state index contributed by atoms with van der Waals surface area (Å²) in [5, 5.41) is 0.0473. The van der Waals surface area contributed by atoms with Crippen molar-refractivity contribution in [3.05, 3.63) is 54.5 Å². The second-order valence-electron chi connectivity index (χ2n) is 7.95. The molecule has 4 rings (SSSR count). The minimum atomic E-state index is -3.69. The highest BCUT2D eigenvalue weighted by Gasteiger charge is 2.34. The average molecular weight is 445 g/mol. The van der Waals surface area contributed by atoms with E-state index < -0.39 is 10.0 Å². The number of piperidine rings is 1. The van der Waals surface area contributed by atoms with Crippen molar-refractivity contribution in [2.75, 3.05) is 32.1 Å². The maximum atomic E-state index is 13.5. The summed E-state index contributed by atoms with van der Waals surface area (Å²) in [4.78, 5) is 15.0. The van der Waals surface area contributed by atoms with Crippen molar-refractivity contribution in [3.8, 4) is 11.1 Å². The summed E-state index contributed by atoms with van der Waals surface area (Å²) >= 11 is 0. The first-order valence-corrected chi connectivity index (χ1v) is 11.5. The summed E-state index contributed by atoms with van der Waals surface area (Å²) in [5.74, 6) is 0.112. The van der Waals surface area contributed by atoms with Gasteiger partial charge in [-0.05, 0) is 30.5 Å². The van der Waals surface area contributed by atoms with Crippen molar-refractivity contribution < 1.29 is 12.8 Å². The molecule has 3 heterocycles. The van der Waals surface area contributed by atoms with Gasteiger partial charge in [0, 0.05) is 58.1 Å². The van der Waals surface area contributed by atoms with E-state index in [4.69, 9.17) is 4.98 Å². The molecule has 2 aromatic heterocycles. The Morgan fingerprint density at radius 3 is 2.55 bits per heavy atom. The molecule has 1 atom stereocenters. The second-order valence-corrected chi connectivity index (χ2v) is 9.83. The summed E-state index contributed by atoms with van der Waals surface area (Å²) in [6.45, 7) is 0.740. The number of imidazole rings is 1. The summed E-state index contributed by atoms with van der Waals surface area (Å²) in [6.07, 6.45) is 6.23. The molecule has 0 spiro atoms. The molecule has 8 nitrogen and oxygen atoms in total. The van der Waals surface area contributed by atoms with Crippen LogP contribution in [0.5, 0.6) is 0 Å². The summed E-state index contributed by atoms with van der Waals surface area (Å²) in [5.41, 5.74) is 2.35. The lowest BCUT2D eigenvalue weighted by Gasteiger charge is -2.32. The number of aromatic nitrogens is 4. The first-order chi connectivity index (χ1) is 14.8. The molecule has 1 unspecified atom stereocenters. The predicted octanol–water partition coefficient (Wildman–Crippen LogP) is 2.65. The van der Waals surface area contributed by atoms with Gasteiger partial charge in [-0.3, -0.25) is 0 Å². The Balaban J connectivity index is 1.72. The zero-order valence-electron chi connectivity index (χ0n) is 17.7. The first-order valence-electron chi connectivity index (χ1n) is 10.0. The Kier molecular flexibility index (Phi) is 5.76. The smallest absolute Gasteiger partial charge is 0.262 e. The van der Waals surface area contributed by atoms with Crippen LogP contribution in [0.1, 0.15) is 24.5 Å². The third-order valence-corrected chi connectivity index (χ3v) is 7.17. The van der Waals surface area contributed by atoms with Crippen molar-refractivity contribution in [2.24, 2.45) is 7.05 Å². The normalized spacial score (nSPS) is 17.6. The van der Waals surface area contributed by atoms with Gasteiger partial charge >= 0.3 is 0 Å². The van der Waals surface area contributed by atoms with E-state index in [1.54, 1.807) is 29.9 Å². The molecule has 164 valence electrons. The molecular weight excluding hydrogens is 419 g/mol. The van der Waals surface area contributed by atoms with Crippen LogP contribution in [0, 0.1) is 5.82 Å². The van der Waals surface area contributed by atoms with Crippen LogP contribution in [-0.4, -0.2) is 59.4 Å². The lowest BCUT2D eigenvalue weighted by atomic mass is 9.91. The van der Waals surface area contributed by atoms with Gasteiger partial charge < -0.3 is 9.47 Å². The zero-order valence-corrected chi connectivity index (χ0v) is 18.5. The molecule has 0 radical (unpaired) electrons. The van der Waals surface area contributed by atoms with Crippen molar-refractivity contribution in [3.63, 3.8) is 0 Å². The van der Waals surface area contributed by atoms with Crippen molar-refractivity contribution in [2.45, 2.75) is 23.8 Å². The number of hydrogen-bond acceptors (Lipinski definition) is 6. The number of hydrogen-bond donors (Lipinski definition) is 0. The number of benzene rings is 1. The van der Waals surface area contributed by atoms with Crippen LogP contribution in [0.4, 0.5) is 10.3 Å². The van der Waals surface area contributed by atoms with Crippen molar-refractivity contribution in [1.29, 1.82) is 0 Å². The highest BCUT2D eigenvalue weighted by Crippen LogP contribution is 2.35. The Morgan fingerprint density at radius 2 is 1.90 bits per heavy atom. The lowest BCUT2D eigenvalue weighted by molar-refractivity contribution is 0.312. The highest BCUT2D eigenvalue weighted by atomic mass is 32.2. The molecule has 0 bridgehead atoms. The molecule has 0 saturated carbocycles. The van der Waals surface area contributed by atoms with E-state index in [0.29, 0.717) is 25.5 Å². The van der Waals surface area contributed by atoms with Crippen LogP contribution in [0.2, 0.25) is 0 Å². The van der Waals surface area contributed by atoms with Crippen LogP contribution in [-0.2, 0) is 17.1 Å². The fraction of sp³-hybridized carbons (Fsp3) is 0.381. The van der Waals surface area contributed by atoms with E-state index in [0.717, 1.165) is 23.2 Å². The SMILES string of the molecule is CN(C)c1ncc(-c2ccc(F)cc2)c(C2CCCN(S(=O)(=O)c3cn(C)cn3)C2)n1. The molecule has 1 aliphatic rings. The van der Waals surface area contributed by atoms with E-state index >= 15 is 0 Å². The van der Waals surface area contributed by atoms with E-state index in [9.17, 15) is 12.8 Å². The minimum absolute atomic E-state index is 0.0473. The monoisotopic (exact) mass is 444 g/mol. The molecule has 31 heavy (non-hydrogen) atoms. The molecule has 3 aromatic rings. The Hall–Kier alpha value is -2.85. The van der Waals surface area contributed by atoms with Gasteiger partial charge in [-0.1, -0.05) is 12.1 Å². The van der Waals surface area contributed by atoms with E-state index in [2.05, 4.69) is 9.97 Å². The fourth-order valence-electron chi connectivity index (χ4n) is 3.80. The van der Waals surface area contributed by atoms with Crippen LogP contribution in [0.15, 0.2) is 48.0 Å². The number of rotatable bonds is 5. The molecule has 1 saturated heterocycles. The average Bonchev–Trinajstić information content (AvgIpc) is 3.21.